The van der Waals surface area contributed by atoms with Gasteiger partial charge in [-0.2, -0.15) is 0 Å². The molecule has 3 rings (SSSR count). The van der Waals surface area contributed by atoms with E-state index in [-0.39, 0.29) is 0 Å². The van der Waals surface area contributed by atoms with E-state index in [0.717, 1.165) is 20.4 Å². The summed E-state index contributed by atoms with van der Waals surface area (Å²) in [5, 5.41) is 1.45. The monoisotopic (exact) mass is 248 g/mol. The number of imidazole rings is 1. The van der Waals surface area contributed by atoms with Gasteiger partial charge in [0.15, 0.2) is 10.3 Å². The van der Waals surface area contributed by atoms with Crippen LogP contribution >= 0.6 is 23.1 Å². The lowest BCUT2D eigenvalue weighted by molar-refractivity contribution is 1.08. The second-order valence-electron chi connectivity index (χ2n) is 3.18. The maximum Gasteiger partial charge on any atom is 0.181 e. The van der Waals surface area contributed by atoms with E-state index in [4.69, 9.17) is 5.73 Å². The number of para-hydroxylation sites is 2. The van der Waals surface area contributed by atoms with E-state index in [2.05, 4.69) is 15.0 Å². The van der Waals surface area contributed by atoms with Crippen molar-refractivity contribution in [3.8, 4) is 0 Å². The van der Waals surface area contributed by atoms with Crippen LogP contribution in [0.15, 0.2) is 39.8 Å². The average molecular weight is 248 g/mol. The van der Waals surface area contributed by atoms with Crippen LogP contribution < -0.4 is 5.73 Å². The zero-order valence-corrected chi connectivity index (χ0v) is 9.81. The minimum Gasteiger partial charge on any atom is -0.375 e. The van der Waals surface area contributed by atoms with Gasteiger partial charge in [0.1, 0.15) is 0 Å². The van der Waals surface area contributed by atoms with Crippen molar-refractivity contribution in [2.24, 2.45) is 0 Å². The van der Waals surface area contributed by atoms with Crippen LogP contribution in [0.25, 0.3) is 11.0 Å². The molecule has 0 spiro atoms. The van der Waals surface area contributed by atoms with Crippen LogP contribution in [-0.4, -0.2) is 15.0 Å². The number of hydrogen-bond donors (Lipinski definition) is 2. The summed E-state index contributed by atoms with van der Waals surface area (Å²) in [5.74, 6) is 0. The number of nitrogens with two attached hydrogens (primary N) is 1. The van der Waals surface area contributed by atoms with Gasteiger partial charge >= 0.3 is 0 Å². The molecule has 6 heteroatoms. The van der Waals surface area contributed by atoms with E-state index >= 15 is 0 Å². The molecular weight excluding hydrogens is 240 g/mol. The molecule has 4 nitrogen and oxygen atoms in total. The Kier molecular flexibility index (Phi) is 2.30. The lowest BCUT2D eigenvalue weighted by Crippen LogP contribution is -1.77. The van der Waals surface area contributed by atoms with Gasteiger partial charge in [0.05, 0.1) is 21.4 Å². The second kappa shape index (κ2) is 3.80. The molecule has 0 unspecified atom stereocenters. The predicted octanol–water partition coefficient (Wildman–Crippen LogP) is 2.75. The standard InChI is InChI=1S/C10H8N4S2/c11-9-12-5-8(15-9)16-10-13-6-3-1-2-4-7(6)14-10/h1-5H,(H2,11,12)(H,13,14). The first kappa shape index (κ1) is 9.68. The van der Waals surface area contributed by atoms with Gasteiger partial charge in [-0.1, -0.05) is 23.5 Å². The van der Waals surface area contributed by atoms with Crippen molar-refractivity contribution < 1.29 is 0 Å². The van der Waals surface area contributed by atoms with Crippen molar-refractivity contribution in [3.05, 3.63) is 30.5 Å². The smallest absolute Gasteiger partial charge is 0.181 e. The molecule has 3 N–H and O–H groups in total. The van der Waals surface area contributed by atoms with E-state index < -0.39 is 0 Å². The van der Waals surface area contributed by atoms with Crippen LogP contribution in [0.5, 0.6) is 0 Å². The average Bonchev–Trinajstić information content (AvgIpc) is 2.84. The maximum atomic E-state index is 5.57. The van der Waals surface area contributed by atoms with Gasteiger partial charge in [-0.05, 0) is 23.9 Å². The summed E-state index contributed by atoms with van der Waals surface area (Å²) < 4.78 is 1.04. The van der Waals surface area contributed by atoms with Gasteiger partial charge in [0, 0.05) is 0 Å². The fraction of sp³-hybridized carbons (Fsp3) is 0. The van der Waals surface area contributed by atoms with Crippen molar-refractivity contribution in [1.29, 1.82) is 0 Å². The third-order valence-corrected chi connectivity index (χ3v) is 3.88. The Morgan fingerprint density at radius 2 is 2.19 bits per heavy atom. The minimum atomic E-state index is 0.582. The van der Waals surface area contributed by atoms with E-state index in [1.165, 1.54) is 11.3 Å². The fourth-order valence-electron chi connectivity index (χ4n) is 1.39. The van der Waals surface area contributed by atoms with Gasteiger partial charge in [0.25, 0.3) is 0 Å². The van der Waals surface area contributed by atoms with Gasteiger partial charge in [0.2, 0.25) is 0 Å². The van der Waals surface area contributed by atoms with E-state index in [1.54, 1.807) is 18.0 Å². The van der Waals surface area contributed by atoms with Gasteiger partial charge in [-0.25, -0.2) is 9.97 Å². The molecule has 0 aliphatic rings. The lowest BCUT2D eigenvalue weighted by Gasteiger charge is -1.88. The number of anilines is 1. The number of aromatic amines is 1. The summed E-state index contributed by atoms with van der Waals surface area (Å²) in [4.78, 5) is 11.7. The zero-order valence-electron chi connectivity index (χ0n) is 8.18. The summed E-state index contributed by atoms with van der Waals surface area (Å²) in [6.07, 6.45) is 1.76. The summed E-state index contributed by atoms with van der Waals surface area (Å²) in [6.45, 7) is 0. The fourth-order valence-corrected chi connectivity index (χ4v) is 3.07. The van der Waals surface area contributed by atoms with Crippen LogP contribution in [0, 0.1) is 0 Å². The van der Waals surface area contributed by atoms with E-state index in [1.807, 2.05) is 24.3 Å². The first-order valence-electron chi connectivity index (χ1n) is 4.65. The molecule has 3 aromatic rings. The molecule has 0 aliphatic heterocycles. The number of nitrogens with one attached hydrogen (secondary N) is 1. The lowest BCUT2D eigenvalue weighted by atomic mass is 10.3. The minimum absolute atomic E-state index is 0.582. The van der Waals surface area contributed by atoms with Crippen molar-refractivity contribution in [3.63, 3.8) is 0 Å². The molecule has 0 fully saturated rings. The largest absolute Gasteiger partial charge is 0.375 e. The molecule has 0 aliphatic carbocycles. The number of nitrogen functional groups attached to an aromatic ring is 1. The number of fused-ring (bicyclic) bond motifs is 1. The Hall–Kier alpha value is -1.53. The molecule has 80 valence electrons. The maximum absolute atomic E-state index is 5.57. The number of nitrogens with zero attached hydrogens (tertiary/aromatic N) is 2. The number of thiazole rings is 1. The summed E-state index contributed by atoms with van der Waals surface area (Å²) in [7, 11) is 0. The van der Waals surface area contributed by atoms with Crippen LogP contribution in [0.3, 0.4) is 0 Å². The van der Waals surface area contributed by atoms with Gasteiger partial charge in [-0.15, -0.1) is 0 Å². The Balaban J connectivity index is 1.95. The molecule has 2 aromatic heterocycles. The van der Waals surface area contributed by atoms with E-state index in [0.29, 0.717) is 5.13 Å². The summed E-state index contributed by atoms with van der Waals surface area (Å²) in [6, 6.07) is 7.95. The van der Waals surface area contributed by atoms with Crippen LogP contribution in [-0.2, 0) is 0 Å². The molecule has 2 heterocycles. The van der Waals surface area contributed by atoms with E-state index in [9.17, 15) is 0 Å². The highest BCUT2D eigenvalue weighted by molar-refractivity contribution is 8.01. The van der Waals surface area contributed by atoms with Crippen molar-refractivity contribution in [2.45, 2.75) is 9.37 Å². The number of benzene rings is 1. The topological polar surface area (TPSA) is 67.6 Å². The third-order valence-electron chi connectivity index (χ3n) is 2.07. The zero-order chi connectivity index (χ0) is 11.0. The second-order valence-corrected chi connectivity index (χ2v) is 5.53. The quantitative estimate of drug-likeness (QED) is 0.731. The number of aromatic nitrogens is 3. The molecule has 0 saturated carbocycles. The summed E-state index contributed by atoms with van der Waals surface area (Å²) in [5.41, 5.74) is 7.59. The Labute approximate surface area is 99.9 Å². The molecule has 0 atom stereocenters. The highest BCUT2D eigenvalue weighted by Crippen LogP contribution is 2.32. The van der Waals surface area contributed by atoms with Crippen molar-refractivity contribution in [1.82, 2.24) is 15.0 Å². The number of rotatable bonds is 2. The van der Waals surface area contributed by atoms with Gasteiger partial charge < -0.3 is 10.7 Å². The highest BCUT2D eigenvalue weighted by atomic mass is 32.2. The molecular formula is C10H8N4S2. The van der Waals surface area contributed by atoms with Crippen molar-refractivity contribution in [2.75, 3.05) is 5.73 Å². The normalized spacial score (nSPS) is 11.0. The van der Waals surface area contributed by atoms with Crippen LogP contribution in [0.4, 0.5) is 5.13 Å². The Bertz CT molecular complexity index is 595. The predicted molar refractivity (Wildman–Crippen MR) is 66.7 cm³/mol. The van der Waals surface area contributed by atoms with Crippen LogP contribution in [0.1, 0.15) is 0 Å². The molecule has 0 saturated heterocycles. The SMILES string of the molecule is Nc1ncc(Sc2nc3ccccc3[nH]2)s1. The van der Waals surface area contributed by atoms with Gasteiger partial charge in [-0.3, -0.25) is 0 Å². The molecule has 1 aromatic carbocycles. The number of hydrogen-bond acceptors (Lipinski definition) is 5. The Morgan fingerprint density at radius 1 is 1.31 bits per heavy atom. The Morgan fingerprint density at radius 3 is 2.94 bits per heavy atom. The van der Waals surface area contributed by atoms with Crippen LogP contribution in [0.2, 0.25) is 0 Å². The molecule has 0 radical (unpaired) electrons. The first-order valence-corrected chi connectivity index (χ1v) is 6.28. The number of H-pyrrole nitrogens is 1. The first-order chi connectivity index (χ1) is 7.81. The highest BCUT2D eigenvalue weighted by Gasteiger charge is 2.06. The molecule has 16 heavy (non-hydrogen) atoms. The molecule has 0 bridgehead atoms. The molecule has 0 amide bonds. The third kappa shape index (κ3) is 1.77. The van der Waals surface area contributed by atoms with Crippen molar-refractivity contribution >= 4 is 39.3 Å². The summed E-state index contributed by atoms with van der Waals surface area (Å²) >= 11 is 3.01.